The quantitative estimate of drug-likeness (QED) is 0.244. The third-order valence-corrected chi connectivity index (χ3v) is 9.54. The van der Waals surface area contributed by atoms with Crippen LogP contribution in [0.3, 0.4) is 0 Å². The van der Waals surface area contributed by atoms with Crippen LogP contribution in [0.2, 0.25) is 0 Å². The molecule has 1 saturated heterocycles. The minimum absolute atomic E-state index is 0.0443. The minimum atomic E-state index is -3.95. The lowest BCUT2D eigenvalue weighted by Crippen LogP contribution is -2.39. The number of ether oxygens (including phenoxy) is 1. The molecule has 5 aromatic rings. The Morgan fingerprint density at radius 1 is 1.00 bits per heavy atom. The maximum atomic E-state index is 14.1. The minimum Gasteiger partial charge on any atom is -0.443 e. The first-order chi connectivity index (χ1) is 19.9. The topological polar surface area (TPSA) is 99.3 Å². The van der Waals surface area contributed by atoms with E-state index in [1.54, 1.807) is 63.5 Å². The molecule has 0 saturated carbocycles. The highest BCUT2D eigenvalue weighted by Gasteiger charge is 2.34. The molecule has 1 aliphatic heterocycles. The van der Waals surface area contributed by atoms with Crippen LogP contribution < -0.4 is 0 Å². The fourth-order valence-corrected chi connectivity index (χ4v) is 7.36. The summed E-state index contributed by atoms with van der Waals surface area (Å²) in [4.78, 5) is 22.1. The number of pyridine rings is 1. The molecule has 0 radical (unpaired) electrons. The largest absolute Gasteiger partial charge is 0.443 e. The number of aryl methyl sites for hydroxylation is 1. The number of nitrogens with zero attached hydrogens (tertiary/aromatic N) is 5. The Bertz CT molecular complexity index is 1910. The highest BCUT2D eigenvalue weighted by molar-refractivity contribution is 7.89. The van der Waals surface area contributed by atoms with E-state index in [2.05, 4.69) is 14.5 Å². The first kappa shape index (κ1) is 28.0. The van der Waals surface area contributed by atoms with Gasteiger partial charge in [-0.2, -0.15) is 4.31 Å². The summed E-state index contributed by atoms with van der Waals surface area (Å²) >= 11 is 0. The molecular weight excluding hydrogens is 557 g/mol. The molecule has 2 aromatic carbocycles. The molecule has 0 aliphatic carbocycles. The first-order valence-electron chi connectivity index (χ1n) is 13.9. The number of carbonyl (C=O) groups is 1. The lowest BCUT2D eigenvalue weighted by atomic mass is 10.0. The molecule has 9 nitrogen and oxygen atoms in total. The summed E-state index contributed by atoms with van der Waals surface area (Å²) in [5.74, 6) is 0.513. The third kappa shape index (κ3) is 5.07. The van der Waals surface area contributed by atoms with E-state index in [0.29, 0.717) is 42.4 Å². The van der Waals surface area contributed by atoms with Gasteiger partial charge in [0.15, 0.2) is 0 Å². The van der Waals surface area contributed by atoms with Gasteiger partial charge in [-0.25, -0.2) is 22.6 Å². The molecule has 4 heterocycles. The van der Waals surface area contributed by atoms with E-state index < -0.39 is 21.7 Å². The Labute approximate surface area is 243 Å². The number of rotatable bonds is 4. The van der Waals surface area contributed by atoms with Crippen LogP contribution >= 0.6 is 0 Å². The maximum absolute atomic E-state index is 14.1. The van der Waals surface area contributed by atoms with Crippen molar-refractivity contribution in [3.63, 3.8) is 0 Å². The number of aromatic nitrogens is 4. The van der Waals surface area contributed by atoms with Crippen molar-refractivity contribution in [1.29, 1.82) is 0 Å². The number of piperidine rings is 1. The lowest BCUT2D eigenvalue weighted by molar-refractivity contribution is 0.0544. The summed E-state index contributed by atoms with van der Waals surface area (Å²) in [6.45, 7) is 7.86. The van der Waals surface area contributed by atoms with Crippen molar-refractivity contribution in [2.75, 3.05) is 13.1 Å². The fourth-order valence-electron chi connectivity index (χ4n) is 5.70. The molecule has 11 heteroatoms. The summed E-state index contributed by atoms with van der Waals surface area (Å²) in [7, 11) is -3.95. The van der Waals surface area contributed by atoms with Crippen molar-refractivity contribution in [1.82, 2.24) is 23.4 Å². The highest BCUT2D eigenvalue weighted by Crippen LogP contribution is 2.35. The lowest BCUT2D eigenvalue weighted by Gasteiger charge is -2.32. The smallest absolute Gasteiger partial charge is 0.419 e. The van der Waals surface area contributed by atoms with Crippen LogP contribution in [0.25, 0.3) is 33.1 Å². The maximum Gasteiger partial charge on any atom is 0.419 e. The van der Waals surface area contributed by atoms with Gasteiger partial charge in [0.1, 0.15) is 27.7 Å². The number of hydrogen-bond donors (Lipinski definition) is 0. The zero-order chi connectivity index (χ0) is 29.8. The molecule has 0 amide bonds. The number of imidazole rings is 1. The predicted molar refractivity (Wildman–Crippen MR) is 158 cm³/mol. The van der Waals surface area contributed by atoms with Crippen molar-refractivity contribution < 1.29 is 22.3 Å². The number of hydrogen-bond acceptors (Lipinski definition) is 6. The highest BCUT2D eigenvalue weighted by atomic mass is 32.2. The van der Waals surface area contributed by atoms with Crippen molar-refractivity contribution in [2.24, 2.45) is 0 Å². The number of fused-ring (bicyclic) bond motifs is 2. The molecule has 1 fully saturated rings. The van der Waals surface area contributed by atoms with E-state index >= 15 is 0 Å². The van der Waals surface area contributed by atoms with E-state index in [-0.39, 0.29) is 16.8 Å². The molecule has 0 unspecified atom stereocenters. The second-order valence-electron chi connectivity index (χ2n) is 11.6. The van der Waals surface area contributed by atoms with Crippen LogP contribution in [0, 0.1) is 12.7 Å². The van der Waals surface area contributed by atoms with E-state index in [0.717, 1.165) is 22.4 Å². The zero-order valence-electron chi connectivity index (χ0n) is 23.9. The fraction of sp³-hybridized carbons (Fsp3) is 0.323. The molecule has 218 valence electrons. The van der Waals surface area contributed by atoms with Crippen molar-refractivity contribution in [3.8, 4) is 11.1 Å². The molecule has 0 bridgehead atoms. The van der Waals surface area contributed by atoms with Gasteiger partial charge in [0.25, 0.3) is 0 Å². The van der Waals surface area contributed by atoms with Crippen LogP contribution in [-0.2, 0) is 14.8 Å². The standard InChI is InChI=1S/C31H32FN5O4S/c1-20-34-26-18-33-14-11-27(26)37(20)24-12-15-35(16-13-24)42(39,40)29-19-36(30(38)41-31(2,3)4)28-17-22(7-10-25(28)29)21-5-8-23(32)9-6-21/h5-11,14,17-19,24H,12-13,15-16H2,1-4H3. The van der Waals surface area contributed by atoms with E-state index in [9.17, 15) is 17.6 Å². The number of sulfonamides is 1. The molecule has 3 aromatic heterocycles. The summed E-state index contributed by atoms with van der Waals surface area (Å²) in [6, 6.07) is 13.2. The normalized spacial score (nSPS) is 15.5. The Morgan fingerprint density at radius 3 is 2.38 bits per heavy atom. The van der Waals surface area contributed by atoms with Crippen LogP contribution in [0.1, 0.15) is 45.5 Å². The van der Waals surface area contributed by atoms with Crippen LogP contribution in [0.4, 0.5) is 9.18 Å². The second-order valence-corrected chi connectivity index (χ2v) is 13.5. The van der Waals surface area contributed by atoms with E-state index in [1.807, 2.05) is 13.0 Å². The van der Waals surface area contributed by atoms with Gasteiger partial charge in [0, 0.05) is 36.9 Å². The van der Waals surface area contributed by atoms with E-state index in [4.69, 9.17) is 4.74 Å². The summed E-state index contributed by atoms with van der Waals surface area (Å²) in [5, 5.41) is 0.415. The molecule has 6 rings (SSSR count). The van der Waals surface area contributed by atoms with Crippen LogP contribution in [0.5, 0.6) is 0 Å². The predicted octanol–water partition coefficient (Wildman–Crippen LogP) is 6.31. The van der Waals surface area contributed by atoms with Gasteiger partial charge >= 0.3 is 6.09 Å². The number of halogens is 1. The SMILES string of the molecule is Cc1nc2cnccc2n1C1CCN(S(=O)(=O)c2cn(C(=O)OC(C)(C)C)c3cc(-c4ccc(F)cc4)ccc23)CC1. The van der Waals surface area contributed by atoms with Gasteiger partial charge in [-0.3, -0.25) is 9.55 Å². The van der Waals surface area contributed by atoms with Crippen molar-refractivity contribution >= 4 is 38.1 Å². The molecule has 0 N–H and O–H groups in total. The van der Waals surface area contributed by atoms with Gasteiger partial charge in [0.2, 0.25) is 10.0 Å². The average Bonchev–Trinajstić information content (AvgIpc) is 3.50. The van der Waals surface area contributed by atoms with Crippen molar-refractivity contribution in [3.05, 3.63) is 78.8 Å². The molecule has 42 heavy (non-hydrogen) atoms. The van der Waals surface area contributed by atoms with Gasteiger partial charge in [-0.1, -0.05) is 24.3 Å². The second kappa shape index (κ2) is 10.3. The Balaban J connectivity index is 1.35. The van der Waals surface area contributed by atoms with Gasteiger partial charge in [-0.05, 0) is 75.9 Å². The third-order valence-electron chi connectivity index (χ3n) is 7.61. The van der Waals surface area contributed by atoms with Gasteiger partial charge in [0.05, 0.1) is 17.2 Å². The Hall–Kier alpha value is -4.09. The van der Waals surface area contributed by atoms with Gasteiger partial charge < -0.3 is 9.30 Å². The zero-order valence-corrected chi connectivity index (χ0v) is 24.7. The number of carbonyl (C=O) groups excluding carboxylic acids is 1. The molecule has 0 atom stereocenters. The first-order valence-corrected chi connectivity index (χ1v) is 15.3. The van der Waals surface area contributed by atoms with Crippen LogP contribution in [0.15, 0.2) is 72.0 Å². The summed E-state index contributed by atoms with van der Waals surface area (Å²) in [5.41, 5.74) is 2.87. The van der Waals surface area contributed by atoms with Crippen LogP contribution in [-0.4, -0.2) is 56.6 Å². The van der Waals surface area contributed by atoms with Gasteiger partial charge in [-0.15, -0.1) is 0 Å². The number of benzene rings is 2. The average molecular weight is 590 g/mol. The molecule has 1 aliphatic rings. The molecule has 0 spiro atoms. The summed E-state index contributed by atoms with van der Waals surface area (Å²) in [6.07, 6.45) is 5.39. The Kier molecular flexibility index (Phi) is 6.89. The van der Waals surface area contributed by atoms with E-state index in [1.165, 1.54) is 27.2 Å². The monoisotopic (exact) mass is 589 g/mol. The molecular formula is C31H32FN5O4S. The van der Waals surface area contributed by atoms with Crippen molar-refractivity contribution in [2.45, 2.75) is 57.1 Å². The Morgan fingerprint density at radius 2 is 1.69 bits per heavy atom. The summed E-state index contributed by atoms with van der Waals surface area (Å²) < 4.78 is 52.2.